The maximum atomic E-state index is 12.9. The second-order valence-corrected chi connectivity index (χ2v) is 3.81. The molecule has 0 radical (unpaired) electrons. The number of halogens is 2. The Morgan fingerprint density at radius 3 is 2.75 bits per heavy atom. The van der Waals surface area contributed by atoms with E-state index in [-0.39, 0.29) is 15.4 Å². The van der Waals surface area contributed by atoms with E-state index in [1.165, 1.54) is 6.07 Å². The Morgan fingerprint density at radius 2 is 2.12 bits per heavy atom. The molecule has 0 saturated carbocycles. The molecule has 0 fully saturated rings. The van der Waals surface area contributed by atoms with Gasteiger partial charge in [0.05, 0.1) is 5.39 Å². The molecule has 2 rings (SSSR count). The van der Waals surface area contributed by atoms with Crippen molar-refractivity contribution in [3.05, 3.63) is 44.5 Å². The molecule has 4 nitrogen and oxygen atoms in total. The lowest BCUT2D eigenvalue weighted by atomic mass is 10.2. The summed E-state index contributed by atoms with van der Waals surface area (Å²) in [7, 11) is 0. The summed E-state index contributed by atoms with van der Waals surface area (Å²) in [4.78, 5) is 22.4. The number of hydrogen-bond acceptors (Lipinski definition) is 3. The van der Waals surface area contributed by atoms with Crippen LogP contribution in [0.2, 0.25) is 0 Å². The summed E-state index contributed by atoms with van der Waals surface area (Å²) < 4.78 is 17.6. The van der Waals surface area contributed by atoms with Crippen LogP contribution in [0.5, 0.6) is 0 Å². The van der Waals surface area contributed by atoms with Gasteiger partial charge in [0.2, 0.25) is 11.2 Å². The van der Waals surface area contributed by atoms with Gasteiger partial charge in [-0.2, -0.15) is 0 Å². The van der Waals surface area contributed by atoms with Gasteiger partial charge in [-0.15, -0.1) is 0 Å². The van der Waals surface area contributed by atoms with E-state index in [0.29, 0.717) is 0 Å². The van der Waals surface area contributed by atoms with Crippen molar-refractivity contribution < 1.29 is 18.7 Å². The Morgan fingerprint density at radius 1 is 1.44 bits per heavy atom. The molecule has 0 amide bonds. The minimum absolute atomic E-state index is 0.00289. The van der Waals surface area contributed by atoms with Gasteiger partial charge in [-0.1, -0.05) is 0 Å². The van der Waals surface area contributed by atoms with Crippen molar-refractivity contribution in [1.29, 1.82) is 0 Å². The molecule has 0 saturated heterocycles. The molecule has 1 heterocycles. The molecule has 0 bridgehead atoms. The Balaban J connectivity index is 2.94. The molecular formula is C10H4BrFO4. The molecule has 6 heteroatoms. The third-order valence-corrected chi connectivity index (χ3v) is 2.71. The highest BCUT2D eigenvalue weighted by molar-refractivity contribution is 9.10. The number of rotatable bonds is 1. The van der Waals surface area contributed by atoms with Crippen LogP contribution >= 0.6 is 15.9 Å². The number of carbonyl (C=O) groups is 1. The first-order valence-electron chi connectivity index (χ1n) is 4.16. The highest BCUT2D eigenvalue weighted by Gasteiger charge is 2.17. The van der Waals surface area contributed by atoms with E-state index >= 15 is 0 Å². The molecule has 2 aromatic rings. The lowest BCUT2D eigenvalue weighted by Gasteiger charge is -2.01. The van der Waals surface area contributed by atoms with Crippen LogP contribution in [-0.4, -0.2) is 11.1 Å². The molecule has 0 unspecified atom stereocenters. The Kier molecular flexibility index (Phi) is 2.51. The maximum Gasteiger partial charge on any atom is 0.373 e. The number of aromatic carboxylic acids is 1. The summed E-state index contributed by atoms with van der Waals surface area (Å²) in [6, 6.07) is 3.30. The quantitative estimate of drug-likeness (QED) is 0.874. The number of benzene rings is 1. The van der Waals surface area contributed by atoms with Crippen LogP contribution in [-0.2, 0) is 0 Å². The summed E-state index contributed by atoms with van der Waals surface area (Å²) in [6.07, 6.45) is 0. The Labute approximate surface area is 96.4 Å². The van der Waals surface area contributed by atoms with E-state index in [0.717, 1.165) is 12.1 Å². The Bertz CT molecular complexity index is 647. The maximum absolute atomic E-state index is 12.9. The van der Waals surface area contributed by atoms with E-state index in [1.54, 1.807) is 0 Å². The first kappa shape index (κ1) is 10.8. The first-order chi connectivity index (χ1) is 7.50. The van der Waals surface area contributed by atoms with E-state index in [1.807, 2.05) is 0 Å². The molecule has 0 aliphatic heterocycles. The van der Waals surface area contributed by atoms with Crippen molar-refractivity contribution in [3.8, 4) is 0 Å². The van der Waals surface area contributed by atoms with Crippen molar-refractivity contribution in [3.63, 3.8) is 0 Å². The van der Waals surface area contributed by atoms with Gasteiger partial charge in [-0.25, -0.2) is 9.18 Å². The van der Waals surface area contributed by atoms with Crippen LogP contribution in [0, 0.1) is 5.82 Å². The second kappa shape index (κ2) is 3.71. The van der Waals surface area contributed by atoms with E-state index in [2.05, 4.69) is 15.9 Å². The van der Waals surface area contributed by atoms with Crippen LogP contribution in [0.25, 0.3) is 11.0 Å². The van der Waals surface area contributed by atoms with Crippen molar-refractivity contribution in [1.82, 2.24) is 0 Å². The molecule has 1 N–H and O–H groups in total. The SMILES string of the molecule is O=C(O)c1oc2ccc(F)cc2c(=O)c1Br. The van der Waals surface area contributed by atoms with Gasteiger partial charge in [-0.05, 0) is 34.1 Å². The first-order valence-corrected chi connectivity index (χ1v) is 4.95. The van der Waals surface area contributed by atoms with Crippen molar-refractivity contribution in [2.24, 2.45) is 0 Å². The summed E-state index contributed by atoms with van der Waals surface area (Å²) >= 11 is 2.82. The van der Waals surface area contributed by atoms with Crippen LogP contribution in [0.1, 0.15) is 10.6 Å². The molecular weight excluding hydrogens is 283 g/mol. The highest BCUT2D eigenvalue weighted by atomic mass is 79.9. The minimum atomic E-state index is -1.37. The van der Waals surface area contributed by atoms with E-state index in [9.17, 15) is 14.0 Å². The largest absolute Gasteiger partial charge is 0.475 e. The molecule has 1 aromatic carbocycles. The molecule has 0 atom stereocenters. The summed E-state index contributed by atoms with van der Waals surface area (Å²) in [5, 5.41) is 8.76. The molecule has 0 aliphatic rings. The second-order valence-electron chi connectivity index (χ2n) is 3.02. The zero-order chi connectivity index (χ0) is 11.9. The molecule has 0 aliphatic carbocycles. The lowest BCUT2D eigenvalue weighted by Crippen LogP contribution is -2.10. The van der Waals surface area contributed by atoms with Crippen molar-refractivity contribution >= 4 is 32.9 Å². The third-order valence-electron chi connectivity index (χ3n) is 1.99. The molecule has 1 aromatic heterocycles. The van der Waals surface area contributed by atoms with Crippen LogP contribution < -0.4 is 5.43 Å². The highest BCUT2D eigenvalue weighted by Crippen LogP contribution is 2.20. The van der Waals surface area contributed by atoms with Gasteiger partial charge in [0, 0.05) is 0 Å². The standard InChI is InChI=1S/C10H4BrFO4/c11-7-8(13)5-3-4(12)1-2-6(5)16-9(7)10(14)15/h1-3H,(H,14,15). The normalized spacial score (nSPS) is 10.6. The van der Waals surface area contributed by atoms with Gasteiger partial charge in [0.15, 0.2) is 0 Å². The number of fused-ring (bicyclic) bond motifs is 1. The van der Waals surface area contributed by atoms with Gasteiger partial charge in [0.1, 0.15) is 15.9 Å². The molecule has 16 heavy (non-hydrogen) atoms. The summed E-state index contributed by atoms with van der Waals surface area (Å²) in [6.45, 7) is 0. The van der Waals surface area contributed by atoms with Crippen molar-refractivity contribution in [2.45, 2.75) is 0 Å². The fraction of sp³-hybridized carbons (Fsp3) is 0. The minimum Gasteiger partial charge on any atom is -0.475 e. The predicted octanol–water partition coefficient (Wildman–Crippen LogP) is 2.39. The van der Waals surface area contributed by atoms with Gasteiger partial charge in [-0.3, -0.25) is 4.79 Å². The smallest absolute Gasteiger partial charge is 0.373 e. The average molecular weight is 287 g/mol. The van der Waals surface area contributed by atoms with E-state index in [4.69, 9.17) is 9.52 Å². The Hall–Kier alpha value is -1.69. The molecule has 0 spiro atoms. The fourth-order valence-electron chi connectivity index (χ4n) is 1.28. The average Bonchev–Trinajstić information content (AvgIpc) is 2.23. The zero-order valence-corrected chi connectivity index (χ0v) is 9.25. The van der Waals surface area contributed by atoms with Crippen LogP contribution in [0.4, 0.5) is 4.39 Å². The van der Waals surface area contributed by atoms with Gasteiger partial charge in [0.25, 0.3) is 0 Å². The van der Waals surface area contributed by atoms with Crippen LogP contribution in [0.15, 0.2) is 31.9 Å². The van der Waals surface area contributed by atoms with Crippen LogP contribution in [0.3, 0.4) is 0 Å². The van der Waals surface area contributed by atoms with E-state index < -0.39 is 23.0 Å². The van der Waals surface area contributed by atoms with Gasteiger partial charge >= 0.3 is 5.97 Å². The zero-order valence-electron chi connectivity index (χ0n) is 7.66. The summed E-state index contributed by atoms with van der Waals surface area (Å²) in [5.74, 6) is -2.45. The molecule has 82 valence electrons. The number of hydrogen-bond donors (Lipinski definition) is 1. The summed E-state index contributed by atoms with van der Waals surface area (Å²) in [5.41, 5.74) is -0.579. The van der Waals surface area contributed by atoms with Gasteiger partial charge < -0.3 is 9.52 Å². The topological polar surface area (TPSA) is 67.5 Å². The third kappa shape index (κ3) is 1.61. The fourth-order valence-corrected chi connectivity index (χ4v) is 1.75. The number of carboxylic acid groups (broad SMARTS) is 1. The number of carboxylic acids is 1. The monoisotopic (exact) mass is 286 g/mol. The lowest BCUT2D eigenvalue weighted by molar-refractivity contribution is 0.0661. The van der Waals surface area contributed by atoms with Crippen molar-refractivity contribution in [2.75, 3.05) is 0 Å². The predicted molar refractivity (Wildman–Crippen MR) is 57.1 cm³/mol.